The lowest BCUT2D eigenvalue weighted by Crippen LogP contribution is -2.26. The first-order chi connectivity index (χ1) is 16.5. The highest BCUT2D eigenvalue weighted by Gasteiger charge is 2.11. The average molecular weight is 468 g/mol. The third kappa shape index (κ3) is 7.97. The van der Waals surface area contributed by atoms with Crippen molar-refractivity contribution in [2.24, 2.45) is 0 Å². The molecule has 2 aromatic heterocycles. The molecule has 3 rings (SSSR count). The highest BCUT2D eigenvalue weighted by atomic mass is 16.5. The number of ether oxygens (including phenoxy) is 2. The Morgan fingerprint density at radius 3 is 1.41 bits per heavy atom. The van der Waals surface area contributed by atoms with E-state index in [1.54, 1.807) is 36.4 Å². The summed E-state index contributed by atoms with van der Waals surface area (Å²) in [5.41, 5.74) is 1.53. The molecule has 0 atom stereocenters. The standard InChI is InChI=1S/C24H24N2O8/c27-21(9-11-25-23(29)19-3-1-13-31-19)33-15-17-5-7-18(8-6-17)16-34-22(28)10-12-26-24(30)20-4-2-14-32-20/h1-8,13-14H,9-12,15-16H2,(H,25,29)(H,26,30). The van der Waals surface area contributed by atoms with E-state index in [0.29, 0.717) is 0 Å². The Morgan fingerprint density at radius 1 is 0.647 bits per heavy atom. The van der Waals surface area contributed by atoms with Crippen LogP contribution >= 0.6 is 0 Å². The average Bonchev–Trinajstić information content (AvgIpc) is 3.57. The van der Waals surface area contributed by atoms with E-state index in [9.17, 15) is 19.2 Å². The van der Waals surface area contributed by atoms with Crippen molar-refractivity contribution >= 4 is 23.8 Å². The van der Waals surface area contributed by atoms with Crippen LogP contribution in [0.1, 0.15) is 45.1 Å². The van der Waals surface area contributed by atoms with Gasteiger partial charge in [-0.15, -0.1) is 0 Å². The summed E-state index contributed by atoms with van der Waals surface area (Å²) in [5.74, 6) is -1.33. The van der Waals surface area contributed by atoms with Crippen LogP contribution in [-0.2, 0) is 32.3 Å². The number of amides is 2. The molecule has 0 unspecified atom stereocenters. The van der Waals surface area contributed by atoms with Crippen molar-refractivity contribution in [3.8, 4) is 0 Å². The number of hydrogen-bond acceptors (Lipinski definition) is 8. The fourth-order valence-electron chi connectivity index (χ4n) is 2.75. The van der Waals surface area contributed by atoms with Gasteiger partial charge in [-0.05, 0) is 35.4 Å². The van der Waals surface area contributed by atoms with E-state index in [1.807, 2.05) is 0 Å². The predicted molar refractivity (Wildman–Crippen MR) is 117 cm³/mol. The third-order valence-electron chi connectivity index (χ3n) is 4.54. The summed E-state index contributed by atoms with van der Waals surface area (Å²) in [6.45, 7) is 0.436. The number of furan rings is 2. The molecule has 178 valence electrons. The number of benzene rings is 1. The highest BCUT2D eigenvalue weighted by molar-refractivity contribution is 5.92. The number of carbonyl (C=O) groups excluding carboxylic acids is 4. The first kappa shape index (κ1) is 24.3. The van der Waals surface area contributed by atoms with Gasteiger partial charge in [0, 0.05) is 13.1 Å². The van der Waals surface area contributed by atoms with Crippen LogP contribution in [0.15, 0.2) is 69.9 Å². The smallest absolute Gasteiger partial charge is 0.307 e. The van der Waals surface area contributed by atoms with E-state index >= 15 is 0 Å². The number of carbonyl (C=O) groups is 4. The topological polar surface area (TPSA) is 137 Å². The van der Waals surface area contributed by atoms with Crippen LogP contribution in [0.25, 0.3) is 0 Å². The lowest BCUT2D eigenvalue weighted by Gasteiger charge is -2.08. The van der Waals surface area contributed by atoms with E-state index in [2.05, 4.69) is 10.6 Å². The lowest BCUT2D eigenvalue weighted by atomic mass is 10.1. The van der Waals surface area contributed by atoms with Crippen LogP contribution in [0.3, 0.4) is 0 Å². The summed E-state index contributed by atoms with van der Waals surface area (Å²) < 4.78 is 20.3. The minimum absolute atomic E-state index is 0.0302. The summed E-state index contributed by atoms with van der Waals surface area (Å²) in [5, 5.41) is 5.14. The molecule has 0 fully saturated rings. The van der Waals surface area contributed by atoms with Gasteiger partial charge in [-0.2, -0.15) is 0 Å². The molecule has 0 aliphatic rings. The monoisotopic (exact) mass is 468 g/mol. The molecule has 2 heterocycles. The van der Waals surface area contributed by atoms with Gasteiger partial charge in [0.2, 0.25) is 0 Å². The van der Waals surface area contributed by atoms with Gasteiger partial charge in [0.1, 0.15) is 13.2 Å². The van der Waals surface area contributed by atoms with Gasteiger partial charge in [-0.25, -0.2) is 0 Å². The second-order valence-electron chi connectivity index (χ2n) is 7.10. The molecule has 10 nitrogen and oxygen atoms in total. The number of nitrogens with one attached hydrogen (secondary N) is 2. The summed E-state index contributed by atoms with van der Waals surface area (Å²) in [6.07, 6.45) is 2.85. The molecule has 34 heavy (non-hydrogen) atoms. The molecule has 3 aromatic rings. The van der Waals surface area contributed by atoms with Crippen LogP contribution in [0, 0.1) is 0 Å². The SMILES string of the molecule is O=C(CCNC(=O)c1ccco1)OCc1ccc(COC(=O)CCNC(=O)c2ccco2)cc1. The molecule has 0 saturated heterocycles. The van der Waals surface area contributed by atoms with Gasteiger partial charge >= 0.3 is 11.9 Å². The van der Waals surface area contributed by atoms with Gasteiger partial charge in [-0.3, -0.25) is 19.2 Å². The quantitative estimate of drug-likeness (QED) is 0.387. The molecule has 0 aliphatic heterocycles. The second kappa shape index (κ2) is 12.6. The van der Waals surface area contributed by atoms with Crippen LogP contribution in [0.5, 0.6) is 0 Å². The summed E-state index contributed by atoms with van der Waals surface area (Å²) >= 11 is 0. The van der Waals surface area contributed by atoms with E-state index < -0.39 is 23.8 Å². The van der Waals surface area contributed by atoms with Gasteiger partial charge in [0.25, 0.3) is 11.8 Å². The number of esters is 2. The first-order valence-electron chi connectivity index (χ1n) is 10.5. The predicted octanol–water partition coefficient (Wildman–Crippen LogP) is 2.60. The Bertz CT molecular complexity index is 986. The molecule has 0 spiro atoms. The Kier molecular flexibility index (Phi) is 9.03. The molecule has 0 aliphatic carbocycles. The zero-order chi connectivity index (χ0) is 24.2. The van der Waals surface area contributed by atoms with Gasteiger partial charge in [0.05, 0.1) is 25.4 Å². The van der Waals surface area contributed by atoms with Crippen LogP contribution in [-0.4, -0.2) is 36.8 Å². The van der Waals surface area contributed by atoms with Gasteiger partial charge in [0.15, 0.2) is 11.5 Å². The number of hydrogen-bond donors (Lipinski definition) is 2. The fraction of sp³-hybridized carbons (Fsp3) is 0.250. The van der Waals surface area contributed by atoms with Gasteiger partial charge < -0.3 is 28.9 Å². The molecular formula is C24H24N2O8. The Balaban J connectivity index is 1.27. The van der Waals surface area contributed by atoms with E-state index in [0.717, 1.165) is 11.1 Å². The molecule has 0 radical (unpaired) electrons. The zero-order valence-corrected chi connectivity index (χ0v) is 18.3. The Hall–Kier alpha value is -4.34. The molecule has 10 heteroatoms. The van der Waals surface area contributed by atoms with Crippen LogP contribution in [0.4, 0.5) is 0 Å². The third-order valence-corrected chi connectivity index (χ3v) is 4.54. The van der Waals surface area contributed by atoms with Crippen molar-refractivity contribution < 1.29 is 37.5 Å². The molecular weight excluding hydrogens is 444 g/mol. The molecule has 0 saturated carbocycles. The van der Waals surface area contributed by atoms with Crippen molar-refractivity contribution in [1.82, 2.24) is 10.6 Å². The first-order valence-corrected chi connectivity index (χ1v) is 10.5. The maximum absolute atomic E-state index is 11.8. The van der Waals surface area contributed by atoms with Crippen molar-refractivity contribution in [3.63, 3.8) is 0 Å². The Labute approximate surface area is 195 Å². The molecule has 2 N–H and O–H groups in total. The van der Waals surface area contributed by atoms with Crippen molar-refractivity contribution in [2.45, 2.75) is 26.1 Å². The highest BCUT2D eigenvalue weighted by Crippen LogP contribution is 2.08. The lowest BCUT2D eigenvalue weighted by molar-refractivity contribution is -0.145. The van der Waals surface area contributed by atoms with E-state index in [4.69, 9.17) is 18.3 Å². The largest absolute Gasteiger partial charge is 0.461 e. The number of rotatable bonds is 12. The van der Waals surface area contributed by atoms with E-state index in [-0.39, 0.29) is 50.7 Å². The normalized spacial score (nSPS) is 10.4. The van der Waals surface area contributed by atoms with E-state index in [1.165, 1.54) is 24.7 Å². The minimum atomic E-state index is -0.447. The maximum atomic E-state index is 11.8. The van der Waals surface area contributed by atoms with Crippen LogP contribution < -0.4 is 10.6 Å². The maximum Gasteiger partial charge on any atom is 0.307 e. The Morgan fingerprint density at radius 2 is 1.06 bits per heavy atom. The zero-order valence-electron chi connectivity index (χ0n) is 18.3. The molecule has 0 bridgehead atoms. The van der Waals surface area contributed by atoms with Crippen molar-refractivity contribution in [1.29, 1.82) is 0 Å². The summed E-state index contributed by atoms with van der Waals surface area (Å²) in [4.78, 5) is 47.1. The second-order valence-corrected chi connectivity index (χ2v) is 7.10. The fourth-order valence-corrected chi connectivity index (χ4v) is 2.75. The van der Waals surface area contributed by atoms with Crippen LogP contribution in [0.2, 0.25) is 0 Å². The molecule has 2 amide bonds. The van der Waals surface area contributed by atoms with Crippen molar-refractivity contribution in [3.05, 3.63) is 83.7 Å². The minimum Gasteiger partial charge on any atom is -0.461 e. The van der Waals surface area contributed by atoms with Gasteiger partial charge in [-0.1, -0.05) is 24.3 Å². The summed E-state index contributed by atoms with van der Waals surface area (Å²) in [6, 6.07) is 13.3. The van der Waals surface area contributed by atoms with Crippen molar-refractivity contribution in [2.75, 3.05) is 13.1 Å². The summed E-state index contributed by atoms with van der Waals surface area (Å²) in [7, 11) is 0. The molecule has 1 aromatic carbocycles.